The van der Waals surface area contributed by atoms with Crippen LogP contribution in [0.25, 0.3) is 0 Å². The van der Waals surface area contributed by atoms with Crippen LogP contribution in [0.3, 0.4) is 0 Å². The number of ether oxygens (including phenoxy) is 1. The van der Waals surface area contributed by atoms with Crippen LogP contribution in [0.15, 0.2) is 0 Å². The van der Waals surface area contributed by atoms with Crippen molar-refractivity contribution in [3.05, 3.63) is 0 Å². The first-order chi connectivity index (χ1) is 6.88. The molecule has 0 N–H and O–H groups in total. The average Bonchev–Trinajstić information content (AvgIpc) is 2.26. The molecule has 1 heterocycles. The van der Waals surface area contributed by atoms with E-state index in [2.05, 4.69) is 26.0 Å². The molecule has 1 aliphatic heterocycles. The molecule has 1 saturated heterocycles. The summed E-state index contributed by atoms with van der Waals surface area (Å²) in [5.74, 6) is 0. The topological polar surface area (TPSA) is 32.8 Å². The van der Waals surface area contributed by atoms with E-state index >= 15 is 0 Å². The molecule has 15 heavy (non-hydrogen) atoms. The first-order valence-electron chi connectivity index (χ1n) is 5.27. The Hall–Kier alpha value is -0.0400. The summed E-state index contributed by atoms with van der Waals surface area (Å²) in [7, 11) is 0. The Labute approximate surface area is 105 Å². The molecule has 1 rings (SSSR count). The number of nitrogens with zero attached hydrogens (tertiary/aromatic N) is 2. The normalized spacial score (nSPS) is 19.9. The monoisotopic (exact) mass is 326 g/mol. The highest BCUT2D eigenvalue weighted by atomic mass is 127. The van der Waals surface area contributed by atoms with Gasteiger partial charge < -0.3 is 9.64 Å². The van der Waals surface area contributed by atoms with Crippen molar-refractivity contribution in [2.24, 2.45) is 0 Å². The maximum Gasteiger partial charge on any atom is 0.410 e. The summed E-state index contributed by atoms with van der Waals surface area (Å²) >= 11 is 2.30. The fourth-order valence-corrected chi connectivity index (χ4v) is 1.95. The fourth-order valence-electron chi connectivity index (χ4n) is 1.40. The van der Waals surface area contributed by atoms with Crippen molar-refractivity contribution in [2.75, 3.05) is 26.2 Å². The molecular formula is C10H19IN2O2. The Balaban J connectivity index is 2.45. The second-order valence-corrected chi connectivity index (χ2v) is 6.10. The van der Waals surface area contributed by atoms with E-state index in [1.165, 1.54) is 0 Å². The second kappa shape index (κ2) is 5.34. The first-order valence-corrected chi connectivity index (χ1v) is 6.23. The van der Waals surface area contributed by atoms with E-state index in [4.69, 9.17) is 4.74 Å². The average molecular weight is 326 g/mol. The van der Waals surface area contributed by atoms with E-state index in [1.54, 1.807) is 4.90 Å². The lowest BCUT2D eigenvalue weighted by Gasteiger charge is -2.26. The smallest absolute Gasteiger partial charge is 0.410 e. The van der Waals surface area contributed by atoms with Crippen LogP contribution in [-0.4, -0.2) is 45.9 Å². The predicted molar refractivity (Wildman–Crippen MR) is 68.0 cm³/mol. The molecule has 0 atom stereocenters. The Kier molecular flexibility index (Phi) is 4.64. The lowest BCUT2D eigenvalue weighted by Crippen LogP contribution is -2.38. The van der Waals surface area contributed by atoms with Gasteiger partial charge in [0.15, 0.2) is 0 Å². The Bertz CT molecular complexity index is 228. The van der Waals surface area contributed by atoms with Gasteiger partial charge in [0.1, 0.15) is 5.60 Å². The molecule has 0 spiro atoms. The van der Waals surface area contributed by atoms with Crippen molar-refractivity contribution >= 4 is 29.0 Å². The molecule has 1 aliphatic rings. The van der Waals surface area contributed by atoms with Gasteiger partial charge in [0.2, 0.25) is 0 Å². The van der Waals surface area contributed by atoms with Crippen LogP contribution in [0.5, 0.6) is 0 Å². The predicted octanol–water partition coefficient (Wildman–Crippen LogP) is 2.28. The molecule has 0 aromatic carbocycles. The number of hydrogen-bond donors (Lipinski definition) is 0. The molecule has 1 amide bonds. The van der Waals surface area contributed by atoms with Crippen LogP contribution in [0.4, 0.5) is 4.79 Å². The van der Waals surface area contributed by atoms with Gasteiger partial charge in [0.05, 0.1) is 0 Å². The highest BCUT2D eigenvalue weighted by Crippen LogP contribution is 2.13. The molecule has 0 bridgehead atoms. The third-order valence-corrected chi connectivity index (χ3v) is 3.06. The lowest BCUT2D eigenvalue weighted by atomic mass is 10.2. The van der Waals surface area contributed by atoms with Gasteiger partial charge in [-0.2, -0.15) is 0 Å². The number of rotatable bonds is 0. The summed E-state index contributed by atoms with van der Waals surface area (Å²) < 4.78 is 7.54. The zero-order valence-corrected chi connectivity index (χ0v) is 11.8. The van der Waals surface area contributed by atoms with E-state index in [-0.39, 0.29) is 6.09 Å². The van der Waals surface area contributed by atoms with Gasteiger partial charge in [-0.3, -0.25) is 0 Å². The third-order valence-electron chi connectivity index (χ3n) is 2.09. The van der Waals surface area contributed by atoms with Gasteiger partial charge in [0, 0.05) is 49.0 Å². The summed E-state index contributed by atoms with van der Waals surface area (Å²) in [5.41, 5.74) is -0.395. The van der Waals surface area contributed by atoms with Crippen LogP contribution < -0.4 is 0 Å². The Morgan fingerprint density at radius 1 is 1.20 bits per heavy atom. The summed E-state index contributed by atoms with van der Waals surface area (Å²) in [5, 5.41) is 0. The fraction of sp³-hybridized carbons (Fsp3) is 0.900. The SMILES string of the molecule is CC(C)(C)OC(=O)N1CCCN(I)CC1. The Morgan fingerprint density at radius 2 is 1.87 bits per heavy atom. The van der Waals surface area contributed by atoms with Crippen LogP contribution >= 0.6 is 22.9 Å². The maximum absolute atomic E-state index is 11.8. The minimum atomic E-state index is -0.395. The zero-order chi connectivity index (χ0) is 11.5. The minimum Gasteiger partial charge on any atom is -0.444 e. The summed E-state index contributed by atoms with van der Waals surface area (Å²) in [6.45, 7) is 9.21. The van der Waals surface area contributed by atoms with Crippen molar-refractivity contribution < 1.29 is 9.53 Å². The molecule has 1 fully saturated rings. The molecule has 0 unspecified atom stereocenters. The van der Waals surface area contributed by atoms with E-state index in [0.29, 0.717) is 0 Å². The van der Waals surface area contributed by atoms with Gasteiger partial charge in [-0.1, -0.05) is 0 Å². The maximum atomic E-state index is 11.8. The first kappa shape index (κ1) is 13.0. The molecule has 0 saturated carbocycles. The van der Waals surface area contributed by atoms with Crippen LogP contribution in [0.2, 0.25) is 0 Å². The zero-order valence-electron chi connectivity index (χ0n) is 9.62. The number of hydrogen-bond acceptors (Lipinski definition) is 3. The van der Waals surface area contributed by atoms with Crippen LogP contribution in [-0.2, 0) is 4.74 Å². The van der Waals surface area contributed by atoms with E-state index in [0.717, 1.165) is 32.6 Å². The van der Waals surface area contributed by atoms with Crippen molar-refractivity contribution in [3.8, 4) is 0 Å². The van der Waals surface area contributed by atoms with Gasteiger partial charge in [0.25, 0.3) is 0 Å². The van der Waals surface area contributed by atoms with E-state index in [1.807, 2.05) is 20.8 Å². The lowest BCUT2D eigenvalue weighted by molar-refractivity contribution is 0.0261. The Morgan fingerprint density at radius 3 is 2.47 bits per heavy atom. The quantitative estimate of drug-likeness (QED) is 0.506. The van der Waals surface area contributed by atoms with Crippen molar-refractivity contribution in [2.45, 2.75) is 32.8 Å². The standard InChI is InChI=1S/C10H19IN2O2/c1-10(2,3)15-9(14)12-5-4-6-13(11)8-7-12/h4-8H2,1-3H3. The largest absolute Gasteiger partial charge is 0.444 e. The summed E-state index contributed by atoms with van der Waals surface area (Å²) in [6.07, 6.45) is 0.830. The molecule has 0 radical (unpaired) electrons. The molecule has 88 valence electrons. The molecule has 0 aliphatic carbocycles. The van der Waals surface area contributed by atoms with Gasteiger partial charge >= 0.3 is 6.09 Å². The summed E-state index contributed by atoms with van der Waals surface area (Å²) in [4.78, 5) is 13.6. The molecular weight excluding hydrogens is 307 g/mol. The van der Waals surface area contributed by atoms with Gasteiger partial charge in [-0.25, -0.2) is 7.91 Å². The molecule has 0 aromatic rings. The molecule has 0 aromatic heterocycles. The van der Waals surface area contributed by atoms with Crippen molar-refractivity contribution in [1.82, 2.24) is 8.01 Å². The van der Waals surface area contributed by atoms with Crippen molar-refractivity contribution in [3.63, 3.8) is 0 Å². The van der Waals surface area contributed by atoms with Crippen molar-refractivity contribution in [1.29, 1.82) is 0 Å². The van der Waals surface area contributed by atoms with E-state index in [9.17, 15) is 4.79 Å². The van der Waals surface area contributed by atoms with E-state index < -0.39 is 5.60 Å². The third kappa shape index (κ3) is 5.01. The number of halogens is 1. The number of carbonyl (C=O) groups is 1. The van der Waals surface area contributed by atoms with Crippen LogP contribution in [0.1, 0.15) is 27.2 Å². The highest BCUT2D eigenvalue weighted by molar-refractivity contribution is 14.1. The van der Waals surface area contributed by atoms with Gasteiger partial charge in [-0.15, -0.1) is 0 Å². The van der Waals surface area contributed by atoms with Gasteiger partial charge in [-0.05, 0) is 27.2 Å². The highest BCUT2D eigenvalue weighted by Gasteiger charge is 2.23. The minimum absolute atomic E-state index is 0.186. The summed E-state index contributed by atoms with van der Waals surface area (Å²) in [6, 6.07) is 0. The molecule has 5 heteroatoms. The second-order valence-electron chi connectivity index (χ2n) is 4.73. The molecule has 4 nitrogen and oxygen atoms in total. The number of carbonyl (C=O) groups excluding carboxylic acids is 1. The van der Waals surface area contributed by atoms with Crippen LogP contribution in [0, 0.1) is 0 Å². The number of amides is 1.